The molecule has 6 nitrogen and oxygen atoms in total. The lowest BCUT2D eigenvalue weighted by atomic mass is 9.99. The summed E-state index contributed by atoms with van der Waals surface area (Å²) >= 11 is 0. The Hall–Kier alpha value is -3.02. The molecule has 1 aliphatic rings. The highest BCUT2D eigenvalue weighted by molar-refractivity contribution is 6.02. The second-order valence-electron chi connectivity index (χ2n) is 4.36. The number of aromatic amines is 1. The Labute approximate surface area is 114 Å². The minimum atomic E-state index is 0.767. The maximum atomic E-state index is 4.41. The van der Waals surface area contributed by atoms with Gasteiger partial charge in [0, 0.05) is 23.5 Å². The van der Waals surface area contributed by atoms with Gasteiger partial charge in [-0.25, -0.2) is 0 Å². The number of benzene rings is 1. The van der Waals surface area contributed by atoms with Crippen LogP contribution in [0.25, 0.3) is 16.6 Å². The van der Waals surface area contributed by atoms with E-state index in [0.717, 1.165) is 33.6 Å². The highest BCUT2D eigenvalue weighted by Crippen LogP contribution is 2.33. The van der Waals surface area contributed by atoms with Crippen LogP contribution in [0.1, 0.15) is 11.3 Å². The highest BCUT2D eigenvalue weighted by atomic mass is 15.3. The number of nitrogens with zero attached hydrogens (tertiary/aromatic N) is 4. The molecule has 3 aromatic rings. The molecule has 96 valence electrons. The van der Waals surface area contributed by atoms with E-state index in [1.807, 2.05) is 36.4 Å². The van der Waals surface area contributed by atoms with Gasteiger partial charge >= 0.3 is 0 Å². The van der Waals surface area contributed by atoms with Crippen molar-refractivity contribution < 1.29 is 0 Å². The van der Waals surface area contributed by atoms with Crippen molar-refractivity contribution in [3.63, 3.8) is 0 Å². The quantitative estimate of drug-likeness (QED) is 0.704. The minimum Gasteiger partial charge on any atom is -0.276 e. The first-order valence-corrected chi connectivity index (χ1v) is 6.18. The topological polar surface area (TPSA) is 78.9 Å². The maximum absolute atomic E-state index is 4.41. The van der Waals surface area contributed by atoms with E-state index in [-0.39, 0.29) is 0 Å². The number of H-pyrrole nitrogens is 1. The predicted octanol–water partition coefficient (Wildman–Crippen LogP) is 2.20. The fraction of sp³-hybridized carbons (Fsp3) is 0. The van der Waals surface area contributed by atoms with Gasteiger partial charge in [0.15, 0.2) is 0 Å². The first-order chi connectivity index (χ1) is 9.93. The second kappa shape index (κ2) is 4.27. The molecule has 6 heteroatoms. The van der Waals surface area contributed by atoms with Crippen molar-refractivity contribution in [3.05, 3.63) is 53.9 Å². The molecule has 0 unspecified atom stereocenters. The average molecular weight is 262 g/mol. The number of anilines is 1. The van der Waals surface area contributed by atoms with Gasteiger partial charge in [0.2, 0.25) is 0 Å². The molecule has 0 aliphatic carbocycles. The number of rotatable bonds is 1. The summed E-state index contributed by atoms with van der Waals surface area (Å²) in [5.41, 5.74) is 8.32. The predicted molar refractivity (Wildman–Crippen MR) is 77.3 cm³/mol. The van der Waals surface area contributed by atoms with Gasteiger partial charge in [0.25, 0.3) is 0 Å². The fourth-order valence-corrected chi connectivity index (χ4v) is 2.30. The molecule has 1 aromatic carbocycles. The largest absolute Gasteiger partial charge is 0.276 e. The fourth-order valence-electron chi connectivity index (χ4n) is 2.30. The molecule has 0 fully saturated rings. The number of hydrogen-bond donors (Lipinski definition) is 2. The van der Waals surface area contributed by atoms with E-state index in [2.05, 4.69) is 30.9 Å². The van der Waals surface area contributed by atoms with Crippen LogP contribution in [0.4, 0.5) is 5.69 Å². The lowest BCUT2D eigenvalue weighted by Crippen LogP contribution is -1.96. The van der Waals surface area contributed by atoms with Gasteiger partial charge in [-0.05, 0) is 30.3 Å². The number of nitrogens with one attached hydrogen (secondary N) is 2. The first-order valence-electron chi connectivity index (χ1n) is 6.18. The van der Waals surface area contributed by atoms with Crippen LogP contribution >= 0.6 is 0 Å². The van der Waals surface area contributed by atoms with E-state index >= 15 is 0 Å². The van der Waals surface area contributed by atoms with Crippen molar-refractivity contribution in [2.45, 2.75) is 0 Å². The van der Waals surface area contributed by atoms with Crippen LogP contribution in [0.2, 0.25) is 0 Å². The van der Waals surface area contributed by atoms with Crippen LogP contribution in [-0.4, -0.2) is 26.6 Å². The third kappa shape index (κ3) is 1.58. The Balaban J connectivity index is 2.00. The van der Waals surface area contributed by atoms with E-state index in [1.165, 1.54) is 0 Å². The SMILES string of the molecule is C1=NNc2c(ccc3n[nH]nc23)C(c2ccccn2)=C1. The van der Waals surface area contributed by atoms with Crippen molar-refractivity contribution >= 4 is 28.5 Å². The highest BCUT2D eigenvalue weighted by Gasteiger charge is 2.17. The third-order valence-corrected chi connectivity index (χ3v) is 3.21. The van der Waals surface area contributed by atoms with Gasteiger partial charge < -0.3 is 0 Å². The zero-order chi connectivity index (χ0) is 13.4. The van der Waals surface area contributed by atoms with E-state index in [0.29, 0.717) is 0 Å². The molecular formula is C14H10N6. The van der Waals surface area contributed by atoms with Gasteiger partial charge in [-0.2, -0.15) is 20.5 Å². The molecule has 3 heterocycles. The van der Waals surface area contributed by atoms with E-state index < -0.39 is 0 Å². The van der Waals surface area contributed by atoms with E-state index in [4.69, 9.17) is 0 Å². The monoisotopic (exact) mass is 262 g/mol. The second-order valence-corrected chi connectivity index (χ2v) is 4.36. The molecule has 2 aromatic heterocycles. The Morgan fingerprint density at radius 2 is 2.00 bits per heavy atom. The lowest BCUT2D eigenvalue weighted by molar-refractivity contribution is 0.959. The van der Waals surface area contributed by atoms with Crippen molar-refractivity contribution in [3.8, 4) is 0 Å². The minimum absolute atomic E-state index is 0.767. The summed E-state index contributed by atoms with van der Waals surface area (Å²) in [7, 11) is 0. The van der Waals surface area contributed by atoms with Crippen LogP contribution in [-0.2, 0) is 0 Å². The molecule has 0 bridgehead atoms. The van der Waals surface area contributed by atoms with Gasteiger partial charge in [0.1, 0.15) is 11.0 Å². The third-order valence-electron chi connectivity index (χ3n) is 3.21. The molecule has 4 rings (SSSR count). The molecule has 1 aliphatic heterocycles. The number of aromatic nitrogens is 4. The summed E-state index contributed by atoms with van der Waals surface area (Å²) < 4.78 is 0. The Morgan fingerprint density at radius 3 is 2.90 bits per heavy atom. The molecule has 0 saturated heterocycles. The molecule has 0 saturated carbocycles. The standard InChI is InChI=1S/C14H10N6/c1-2-7-15-11(3-1)9-6-8-16-18-13-10(9)4-5-12-14(13)19-20-17-12/h1-8,18H,(H,17,19,20). The summed E-state index contributed by atoms with van der Waals surface area (Å²) in [6.45, 7) is 0. The van der Waals surface area contributed by atoms with Crippen molar-refractivity contribution in [1.82, 2.24) is 20.4 Å². The number of fused-ring (bicyclic) bond motifs is 3. The number of allylic oxidation sites excluding steroid dienone is 1. The number of hydrazone groups is 1. The van der Waals surface area contributed by atoms with Gasteiger partial charge in [0.05, 0.1) is 11.4 Å². The molecule has 20 heavy (non-hydrogen) atoms. The Morgan fingerprint density at radius 1 is 1.00 bits per heavy atom. The zero-order valence-electron chi connectivity index (χ0n) is 10.4. The van der Waals surface area contributed by atoms with Crippen molar-refractivity contribution in [2.75, 3.05) is 5.43 Å². The summed E-state index contributed by atoms with van der Waals surface area (Å²) in [6.07, 6.45) is 5.43. The van der Waals surface area contributed by atoms with E-state index in [1.54, 1.807) is 12.4 Å². The van der Waals surface area contributed by atoms with E-state index in [9.17, 15) is 0 Å². The molecule has 0 amide bonds. The molecule has 0 atom stereocenters. The first kappa shape index (κ1) is 10.9. The molecule has 0 spiro atoms. The average Bonchev–Trinajstić information content (AvgIpc) is 2.87. The van der Waals surface area contributed by atoms with Crippen molar-refractivity contribution in [2.24, 2.45) is 5.10 Å². The maximum Gasteiger partial charge on any atom is 0.138 e. The summed E-state index contributed by atoms with van der Waals surface area (Å²) in [6, 6.07) is 9.77. The zero-order valence-corrected chi connectivity index (χ0v) is 10.4. The van der Waals surface area contributed by atoms with Crippen LogP contribution < -0.4 is 5.43 Å². The van der Waals surface area contributed by atoms with Crippen LogP contribution in [0.5, 0.6) is 0 Å². The van der Waals surface area contributed by atoms with Crippen LogP contribution in [0, 0.1) is 0 Å². The number of hydrogen-bond acceptors (Lipinski definition) is 5. The number of pyridine rings is 1. The normalized spacial score (nSPS) is 13.5. The smallest absolute Gasteiger partial charge is 0.138 e. The van der Waals surface area contributed by atoms with Gasteiger partial charge in [-0.15, -0.1) is 0 Å². The van der Waals surface area contributed by atoms with Crippen LogP contribution in [0.3, 0.4) is 0 Å². The Kier molecular flexibility index (Phi) is 2.32. The Bertz CT molecular complexity index is 831. The van der Waals surface area contributed by atoms with Gasteiger partial charge in [-0.1, -0.05) is 6.07 Å². The summed E-state index contributed by atoms with van der Waals surface area (Å²) in [5, 5.41) is 15.1. The summed E-state index contributed by atoms with van der Waals surface area (Å²) in [4.78, 5) is 4.41. The van der Waals surface area contributed by atoms with Gasteiger partial charge in [-0.3, -0.25) is 10.4 Å². The summed E-state index contributed by atoms with van der Waals surface area (Å²) in [5.74, 6) is 0. The van der Waals surface area contributed by atoms with Crippen LogP contribution in [0.15, 0.2) is 47.7 Å². The molecule has 0 radical (unpaired) electrons. The molecule has 2 N–H and O–H groups in total. The lowest BCUT2D eigenvalue weighted by Gasteiger charge is -2.10. The van der Waals surface area contributed by atoms with Crippen molar-refractivity contribution in [1.29, 1.82) is 0 Å². The molecular weight excluding hydrogens is 252 g/mol.